The third-order valence-electron chi connectivity index (χ3n) is 1.11. The molecule has 0 aliphatic carbocycles. The summed E-state index contributed by atoms with van der Waals surface area (Å²) in [6.07, 6.45) is 0.517. The maximum absolute atomic E-state index is 10.7. The lowest BCUT2D eigenvalue weighted by Crippen LogP contribution is -2.26. The zero-order valence-corrected chi connectivity index (χ0v) is 7.86. The van der Waals surface area contributed by atoms with Crippen LogP contribution in [0.3, 0.4) is 0 Å². The second-order valence-electron chi connectivity index (χ2n) is 2.28. The zero-order chi connectivity index (χ0) is 8.69. The molecule has 0 aromatic heterocycles. The van der Waals surface area contributed by atoms with Crippen LogP contribution in [0.2, 0.25) is 0 Å². The van der Waals surface area contributed by atoms with Gasteiger partial charge in [-0.3, -0.25) is 0 Å². The van der Waals surface area contributed by atoms with Crippen molar-refractivity contribution in [3.63, 3.8) is 0 Å². The molecular weight excluding hydrogens is 162 g/mol. The summed E-state index contributed by atoms with van der Waals surface area (Å²) < 4.78 is 4.65. The average molecular weight is 177 g/mol. The number of ether oxygens (including phenoxy) is 1. The van der Waals surface area contributed by atoms with E-state index in [0.717, 1.165) is 6.42 Å². The van der Waals surface area contributed by atoms with Crippen LogP contribution in [-0.2, 0) is 4.74 Å². The van der Waals surface area contributed by atoms with Crippen molar-refractivity contribution in [1.29, 1.82) is 0 Å². The Hall–Kier alpha value is -0.380. The fraction of sp³-hybridized carbons (Fsp3) is 0.857. The van der Waals surface area contributed by atoms with Crippen LogP contribution in [0.4, 0.5) is 4.79 Å². The molecule has 0 heterocycles. The maximum Gasteiger partial charge on any atom is 0.407 e. The van der Waals surface area contributed by atoms with Gasteiger partial charge < -0.3 is 10.1 Å². The summed E-state index contributed by atoms with van der Waals surface area (Å²) >= 11 is 4.16. The average Bonchev–Trinajstić information content (AvgIpc) is 1.87. The summed E-state index contributed by atoms with van der Waals surface area (Å²) in [7, 11) is 0. The highest BCUT2D eigenvalue weighted by molar-refractivity contribution is 7.80. The molecule has 0 aliphatic rings. The van der Waals surface area contributed by atoms with Gasteiger partial charge in [-0.2, -0.15) is 12.6 Å². The Balaban J connectivity index is 3.17. The van der Waals surface area contributed by atoms with Gasteiger partial charge >= 0.3 is 6.09 Å². The molecule has 1 unspecified atom stereocenters. The molecule has 0 saturated heterocycles. The van der Waals surface area contributed by atoms with E-state index in [1.807, 2.05) is 6.92 Å². The molecule has 66 valence electrons. The van der Waals surface area contributed by atoms with Gasteiger partial charge in [0, 0.05) is 11.8 Å². The molecule has 0 aliphatic heterocycles. The van der Waals surface area contributed by atoms with E-state index in [9.17, 15) is 4.79 Å². The van der Waals surface area contributed by atoms with Crippen LogP contribution in [0.5, 0.6) is 0 Å². The molecule has 0 rings (SSSR count). The molecule has 0 saturated carbocycles. The van der Waals surface area contributed by atoms with Gasteiger partial charge in [0.2, 0.25) is 0 Å². The molecule has 0 radical (unpaired) electrons. The van der Waals surface area contributed by atoms with Gasteiger partial charge in [-0.1, -0.05) is 6.92 Å². The fourth-order valence-electron chi connectivity index (χ4n) is 0.565. The second-order valence-corrected chi connectivity index (χ2v) is 3.17. The predicted molar refractivity (Wildman–Crippen MR) is 48.1 cm³/mol. The topological polar surface area (TPSA) is 38.3 Å². The molecule has 1 N–H and O–H groups in total. The Labute approximate surface area is 72.9 Å². The maximum atomic E-state index is 10.7. The highest BCUT2D eigenvalue weighted by Gasteiger charge is 1.99. The zero-order valence-electron chi connectivity index (χ0n) is 6.96. The third kappa shape index (κ3) is 7.52. The van der Waals surface area contributed by atoms with Crippen molar-refractivity contribution in [1.82, 2.24) is 5.32 Å². The summed E-state index contributed by atoms with van der Waals surface area (Å²) in [5.41, 5.74) is 0. The van der Waals surface area contributed by atoms with Crippen molar-refractivity contribution in [2.75, 3.05) is 13.2 Å². The molecule has 3 nitrogen and oxygen atoms in total. The first-order valence-corrected chi connectivity index (χ1v) is 4.27. The molecular formula is C7H15NO2S. The standard InChI is InChI=1S/C7H15NO2S/c1-3-10-7(9)8-5-4-6(2)11/h6,11H,3-5H2,1-2H3,(H,8,9). The van der Waals surface area contributed by atoms with Crippen LogP contribution in [0, 0.1) is 0 Å². The minimum absolute atomic E-state index is 0.317. The van der Waals surface area contributed by atoms with Crippen molar-refractivity contribution in [2.45, 2.75) is 25.5 Å². The van der Waals surface area contributed by atoms with E-state index in [4.69, 9.17) is 0 Å². The van der Waals surface area contributed by atoms with Crippen LogP contribution in [0.25, 0.3) is 0 Å². The number of rotatable bonds is 4. The van der Waals surface area contributed by atoms with Crippen LogP contribution >= 0.6 is 12.6 Å². The lowest BCUT2D eigenvalue weighted by molar-refractivity contribution is 0.152. The SMILES string of the molecule is CCOC(=O)NCCC(C)S. The summed E-state index contributed by atoms with van der Waals surface area (Å²) in [5, 5.41) is 2.92. The van der Waals surface area contributed by atoms with E-state index in [0.29, 0.717) is 18.4 Å². The molecule has 0 fully saturated rings. The van der Waals surface area contributed by atoms with E-state index >= 15 is 0 Å². The van der Waals surface area contributed by atoms with Crippen LogP contribution in [0.15, 0.2) is 0 Å². The molecule has 4 heteroatoms. The molecule has 1 atom stereocenters. The summed E-state index contributed by atoms with van der Waals surface area (Å²) in [6.45, 7) is 4.81. The number of nitrogens with one attached hydrogen (secondary N) is 1. The monoisotopic (exact) mass is 177 g/mol. The Bertz CT molecular complexity index is 117. The van der Waals surface area contributed by atoms with E-state index in [1.165, 1.54) is 0 Å². The summed E-state index contributed by atoms with van der Waals surface area (Å²) in [5.74, 6) is 0. The molecule has 11 heavy (non-hydrogen) atoms. The quantitative estimate of drug-likeness (QED) is 0.638. The second kappa shape index (κ2) is 6.34. The van der Waals surface area contributed by atoms with Crippen molar-refractivity contribution in [3.8, 4) is 0 Å². The molecule has 0 bridgehead atoms. The van der Waals surface area contributed by atoms with E-state index in [-0.39, 0.29) is 6.09 Å². The Kier molecular flexibility index (Phi) is 6.12. The lowest BCUT2D eigenvalue weighted by atomic mass is 10.3. The Morgan fingerprint density at radius 3 is 2.82 bits per heavy atom. The highest BCUT2D eigenvalue weighted by atomic mass is 32.1. The summed E-state index contributed by atoms with van der Waals surface area (Å²) in [6, 6.07) is 0. The van der Waals surface area contributed by atoms with Gasteiger partial charge in [0.15, 0.2) is 0 Å². The number of hydrogen-bond acceptors (Lipinski definition) is 3. The van der Waals surface area contributed by atoms with Gasteiger partial charge in [0.05, 0.1) is 6.61 Å². The van der Waals surface area contributed by atoms with E-state index in [2.05, 4.69) is 22.7 Å². The number of amides is 1. The Morgan fingerprint density at radius 2 is 2.36 bits per heavy atom. The first-order valence-electron chi connectivity index (χ1n) is 3.75. The Morgan fingerprint density at radius 1 is 1.73 bits per heavy atom. The predicted octanol–water partition coefficient (Wildman–Crippen LogP) is 1.44. The largest absolute Gasteiger partial charge is 0.450 e. The van der Waals surface area contributed by atoms with Gasteiger partial charge in [-0.05, 0) is 13.3 Å². The fourth-order valence-corrected chi connectivity index (χ4v) is 0.694. The first-order chi connectivity index (χ1) is 5.16. The normalized spacial score (nSPS) is 12.3. The molecule has 0 aromatic carbocycles. The molecule has 0 aromatic rings. The minimum Gasteiger partial charge on any atom is -0.450 e. The van der Waals surface area contributed by atoms with E-state index in [1.54, 1.807) is 6.92 Å². The smallest absolute Gasteiger partial charge is 0.407 e. The van der Waals surface area contributed by atoms with Crippen molar-refractivity contribution < 1.29 is 9.53 Å². The van der Waals surface area contributed by atoms with Crippen LogP contribution < -0.4 is 5.32 Å². The van der Waals surface area contributed by atoms with Crippen molar-refractivity contribution in [3.05, 3.63) is 0 Å². The number of carbonyl (C=O) groups excluding carboxylic acids is 1. The van der Waals surface area contributed by atoms with Crippen molar-refractivity contribution >= 4 is 18.7 Å². The number of hydrogen-bond donors (Lipinski definition) is 2. The van der Waals surface area contributed by atoms with Crippen LogP contribution in [0.1, 0.15) is 20.3 Å². The lowest BCUT2D eigenvalue weighted by Gasteiger charge is -2.05. The van der Waals surface area contributed by atoms with Crippen LogP contribution in [-0.4, -0.2) is 24.5 Å². The number of alkyl carbamates (subject to hydrolysis) is 1. The highest BCUT2D eigenvalue weighted by Crippen LogP contribution is 1.96. The number of thiol groups is 1. The van der Waals surface area contributed by atoms with Gasteiger partial charge in [0.1, 0.15) is 0 Å². The number of carbonyl (C=O) groups is 1. The van der Waals surface area contributed by atoms with E-state index < -0.39 is 0 Å². The van der Waals surface area contributed by atoms with Gasteiger partial charge in [-0.15, -0.1) is 0 Å². The summed E-state index contributed by atoms with van der Waals surface area (Å²) in [4.78, 5) is 10.7. The molecule has 1 amide bonds. The van der Waals surface area contributed by atoms with Gasteiger partial charge in [-0.25, -0.2) is 4.79 Å². The third-order valence-corrected chi connectivity index (χ3v) is 1.37. The van der Waals surface area contributed by atoms with Gasteiger partial charge in [0.25, 0.3) is 0 Å². The minimum atomic E-state index is -0.346. The first kappa shape index (κ1) is 10.6. The van der Waals surface area contributed by atoms with Crippen molar-refractivity contribution in [2.24, 2.45) is 0 Å². The molecule has 0 spiro atoms.